The molecule has 132 valence electrons. The monoisotopic (exact) mass is 340 g/mol. The molecule has 1 amide bonds. The van der Waals surface area contributed by atoms with Gasteiger partial charge in [-0.25, -0.2) is 15.0 Å². The van der Waals surface area contributed by atoms with E-state index in [0.717, 1.165) is 48.8 Å². The van der Waals surface area contributed by atoms with Crippen molar-refractivity contribution >= 4 is 17.7 Å². The van der Waals surface area contributed by atoms with Crippen LogP contribution in [0.1, 0.15) is 35.8 Å². The topological polar surface area (TPSA) is 97.0 Å². The number of nitrogens with one attached hydrogen (secondary N) is 1. The minimum Gasteiger partial charge on any atom is -0.369 e. The smallest absolute Gasteiger partial charge is 0.231 e. The second-order valence-electron chi connectivity index (χ2n) is 6.59. The molecule has 1 atom stereocenters. The quantitative estimate of drug-likeness (QED) is 0.863. The van der Waals surface area contributed by atoms with Crippen molar-refractivity contribution in [3.63, 3.8) is 0 Å². The number of hydrogen-bond donors (Lipinski definition) is 2. The van der Waals surface area contributed by atoms with E-state index in [1.807, 2.05) is 38.1 Å². The minimum absolute atomic E-state index is 0.281. The molecule has 0 saturated carbocycles. The van der Waals surface area contributed by atoms with Gasteiger partial charge in [0.1, 0.15) is 5.82 Å². The van der Waals surface area contributed by atoms with Crippen LogP contribution in [0, 0.1) is 13.8 Å². The van der Waals surface area contributed by atoms with Crippen LogP contribution in [0.5, 0.6) is 0 Å². The fraction of sp³-hybridized carbons (Fsp3) is 0.444. The molecule has 1 aliphatic rings. The first-order valence-electron chi connectivity index (χ1n) is 8.56. The number of nitrogens with two attached hydrogens (primary N) is 1. The predicted molar refractivity (Wildman–Crippen MR) is 96.6 cm³/mol. The summed E-state index contributed by atoms with van der Waals surface area (Å²) in [5.41, 5.74) is 8.17. The second kappa shape index (κ2) is 7.57. The molecule has 7 heteroatoms. The van der Waals surface area contributed by atoms with Gasteiger partial charge in [-0.15, -0.1) is 0 Å². The molecule has 3 heterocycles. The van der Waals surface area contributed by atoms with E-state index < -0.39 is 0 Å². The maximum absolute atomic E-state index is 11.2. The van der Waals surface area contributed by atoms with E-state index in [9.17, 15) is 4.79 Å². The molecule has 2 aromatic heterocycles. The van der Waals surface area contributed by atoms with Crippen LogP contribution in [0.3, 0.4) is 0 Å². The molecule has 1 fully saturated rings. The number of anilines is 2. The van der Waals surface area contributed by atoms with Crippen molar-refractivity contribution < 1.29 is 4.79 Å². The zero-order chi connectivity index (χ0) is 17.8. The van der Waals surface area contributed by atoms with Gasteiger partial charge in [-0.05, 0) is 51.4 Å². The molecule has 2 aromatic rings. The highest BCUT2D eigenvalue weighted by atomic mass is 16.1. The molecule has 0 radical (unpaired) electrons. The van der Waals surface area contributed by atoms with Gasteiger partial charge < -0.3 is 11.1 Å². The van der Waals surface area contributed by atoms with Crippen molar-refractivity contribution in [1.29, 1.82) is 0 Å². The number of amides is 1. The van der Waals surface area contributed by atoms with E-state index in [1.54, 1.807) is 0 Å². The summed E-state index contributed by atoms with van der Waals surface area (Å²) in [5.74, 6) is 1.31. The van der Waals surface area contributed by atoms with E-state index in [1.165, 1.54) is 0 Å². The highest BCUT2D eigenvalue weighted by Gasteiger charge is 2.23. The SMILES string of the molecule is Cc1cc(C)nc(Nc2cccc(C3CCCN(CC(N)=O)C3)n2)n1. The summed E-state index contributed by atoms with van der Waals surface area (Å²) < 4.78 is 0. The van der Waals surface area contributed by atoms with Crippen LogP contribution < -0.4 is 11.1 Å². The van der Waals surface area contributed by atoms with Crippen molar-refractivity contribution in [2.24, 2.45) is 5.73 Å². The minimum atomic E-state index is -0.281. The summed E-state index contributed by atoms with van der Waals surface area (Å²) >= 11 is 0. The Kier molecular flexibility index (Phi) is 5.23. The summed E-state index contributed by atoms with van der Waals surface area (Å²) in [6.07, 6.45) is 2.10. The predicted octanol–water partition coefficient (Wildman–Crippen LogP) is 1.90. The maximum Gasteiger partial charge on any atom is 0.231 e. The lowest BCUT2D eigenvalue weighted by Gasteiger charge is -2.31. The summed E-state index contributed by atoms with van der Waals surface area (Å²) in [4.78, 5) is 26.8. The number of pyridine rings is 1. The van der Waals surface area contributed by atoms with Crippen LogP contribution in [0.25, 0.3) is 0 Å². The number of piperidine rings is 1. The standard InChI is InChI=1S/C18H24N6O/c1-12-9-13(2)21-18(20-12)23-17-7-3-6-15(22-17)14-5-4-8-24(10-14)11-16(19)25/h3,6-7,9,14H,4-5,8,10-11H2,1-2H3,(H2,19,25)(H,20,21,22,23). The fourth-order valence-corrected chi connectivity index (χ4v) is 3.31. The van der Waals surface area contributed by atoms with Crippen LogP contribution >= 0.6 is 0 Å². The Hall–Kier alpha value is -2.54. The van der Waals surface area contributed by atoms with E-state index in [0.29, 0.717) is 18.4 Å². The molecule has 0 aromatic carbocycles. The Bertz CT molecular complexity index is 743. The largest absolute Gasteiger partial charge is 0.369 e. The lowest BCUT2D eigenvalue weighted by molar-refractivity contribution is -0.119. The normalized spacial score (nSPS) is 18.1. The molecule has 1 unspecified atom stereocenters. The Morgan fingerprint density at radius 2 is 2.04 bits per heavy atom. The highest BCUT2D eigenvalue weighted by Crippen LogP contribution is 2.26. The number of aromatic nitrogens is 3. The lowest BCUT2D eigenvalue weighted by atomic mass is 9.94. The van der Waals surface area contributed by atoms with Gasteiger partial charge in [0.05, 0.1) is 6.54 Å². The molecule has 1 saturated heterocycles. The first-order valence-corrected chi connectivity index (χ1v) is 8.56. The molecule has 7 nitrogen and oxygen atoms in total. The van der Waals surface area contributed by atoms with Crippen LogP contribution in [0.15, 0.2) is 24.3 Å². The summed E-state index contributed by atoms with van der Waals surface area (Å²) in [7, 11) is 0. The average Bonchev–Trinajstić information content (AvgIpc) is 2.54. The molecule has 3 N–H and O–H groups in total. The number of carbonyl (C=O) groups excluding carboxylic acids is 1. The zero-order valence-electron chi connectivity index (χ0n) is 14.7. The summed E-state index contributed by atoms with van der Waals surface area (Å²) in [6.45, 7) is 5.91. The van der Waals surface area contributed by atoms with Crippen LogP contribution in [-0.2, 0) is 4.79 Å². The van der Waals surface area contributed by atoms with Crippen LogP contribution in [0.4, 0.5) is 11.8 Å². The van der Waals surface area contributed by atoms with Gasteiger partial charge in [-0.1, -0.05) is 6.07 Å². The number of primary amides is 1. The fourth-order valence-electron chi connectivity index (χ4n) is 3.31. The first kappa shape index (κ1) is 17.3. The third-order valence-corrected chi connectivity index (χ3v) is 4.30. The third-order valence-electron chi connectivity index (χ3n) is 4.30. The maximum atomic E-state index is 11.2. The van der Waals surface area contributed by atoms with Gasteiger partial charge >= 0.3 is 0 Å². The van der Waals surface area contributed by atoms with Crippen molar-refractivity contribution in [2.45, 2.75) is 32.6 Å². The summed E-state index contributed by atoms with van der Waals surface area (Å²) in [5, 5.41) is 3.19. The Balaban J connectivity index is 1.73. The molecule has 0 aliphatic carbocycles. The number of nitrogens with zero attached hydrogens (tertiary/aromatic N) is 4. The molecular weight excluding hydrogens is 316 g/mol. The Labute approximate surface area is 147 Å². The average molecular weight is 340 g/mol. The van der Waals surface area contributed by atoms with E-state index >= 15 is 0 Å². The van der Waals surface area contributed by atoms with Gasteiger partial charge in [0, 0.05) is 29.5 Å². The Morgan fingerprint density at radius 1 is 1.28 bits per heavy atom. The molecular formula is C18H24N6O. The first-order chi connectivity index (χ1) is 12.0. The second-order valence-corrected chi connectivity index (χ2v) is 6.59. The summed E-state index contributed by atoms with van der Waals surface area (Å²) in [6, 6.07) is 7.87. The molecule has 0 spiro atoms. The number of rotatable bonds is 5. The van der Waals surface area contributed by atoms with Crippen LogP contribution in [-0.4, -0.2) is 45.4 Å². The lowest BCUT2D eigenvalue weighted by Crippen LogP contribution is -2.40. The van der Waals surface area contributed by atoms with E-state index in [4.69, 9.17) is 10.7 Å². The van der Waals surface area contributed by atoms with Gasteiger partial charge in [-0.3, -0.25) is 9.69 Å². The van der Waals surface area contributed by atoms with Crippen molar-refractivity contribution in [3.05, 3.63) is 41.3 Å². The van der Waals surface area contributed by atoms with Gasteiger partial charge in [0.2, 0.25) is 11.9 Å². The third kappa shape index (κ3) is 4.73. The molecule has 1 aliphatic heterocycles. The van der Waals surface area contributed by atoms with Gasteiger partial charge in [0.15, 0.2) is 0 Å². The van der Waals surface area contributed by atoms with Crippen molar-refractivity contribution in [3.8, 4) is 0 Å². The Morgan fingerprint density at radius 3 is 2.76 bits per heavy atom. The van der Waals surface area contributed by atoms with Gasteiger partial charge in [0.25, 0.3) is 0 Å². The number of likely N-dealkylation sites (tertiary alicyclic amines) is 1. The number of hydrogen-bond acceptors (Lipinski definition) is 6. The highest BCUT2D eigenvalue weighted by molar-refractivity contribution is 5.75. The van der Waals surface area contributed by atoms with Crippen molar-refractivity contribution in [2.75, 3.05) is 25.0 Å². The number of carbonyl (C=O) groups is 1. The van der Waals surface area contributed by atoms with E-state index in [-0.39, 0.29) is 5.91 Å². The van der Waals surface area contributed by atoms with Gasteiger partial charge in [-0.2, -0.15) is 0 Å². The van der Waals surface area contributed by atoms with Crippen LogP contribution in [0.2, 0.25) is 0 Å². The molecule has 3 rings (SSSR count). The molecule has 0 bridgehead atoms. The zero-order valence-corrected chi connectivity index (χ0v) is 14.7. The molecule has 25 heavy (non-hydrogen) atoms. The van der Waals surface area contributed by atoms with Crippen molar-refractivity contribution in [1.82, 2.24) is 19.9 Å². The van der Waals surface area contributed by atoms with E-state index in [2.05, 4.69) is 20.2 Å². The number of aryl methyl sites for hydroxylation is 2.